The van der Waals surface area contributed by atoms with E-state index in [2.05, 4.69) is 27.2 Å². The number of rotatable bonds is 2. The number of esters is 1. The third-order valence-electron chi connectivity index (χ3n) is 1.28. The molecular weight excluding hydrogens is 365 g/mol. The van der Waals surface area contributed by atoms with Gasteiger partial charge in [-0.3, -0.25) is 0 Å². The molecule has 1 aromatic rings. The second-order valence-electron chi connectivity index (χ2n) is 2.19. The quantitative estimate of drug-likeness (QED) is 0.584. The molecule has 0 atom stereocenters. The molecule has 0 aliphatic rings. The molecule has 1 aromatic carbocycles. The molecule has 74 valence electrons. The van der Waals surface area contributed by atoms with E-state index in [-0.39, 0.29) is 19.2 Å². The zero-order valence-electron chi connectivity index (χ0n) is 7.87. The van der Waals surface area contributed by atoms with Crippen molar-refractivity contribution in [1.82, 2.24) is 0 Å². The van der Waals surface area contributed by atoms with Crippen LogP contribution in [0.2, 0.25) is 0 Å². The zero-order chi connectivity index (χ0) is 10.8. The van der Waals surface area contributed by atoms with E-state index in [1.807, 2.05) is 18.2 Å². The molecule has 0 N–H and O–H groups in total. The van der Waals surface area contributed by atoms with Crippen molar-refractivity contribution < 1.29 is 22.7 Å². The van der Waals surface area contributed by atoms with Gasteiger partial charge in [0.1, 0.15) is 0 Å². The van der Waals surface area contributed by atoms with Crippen LogP contribution >= 0.6 is 27.2 Å². The number of carbonyl (C=O) groups excluding carboxylic acids is 1. The first-order valence-corrected chi connectivity index (χ1v) is 18.0. The van der Waals surface area contributed by atoms with Crippen LogP contribution in [0, 0.1) is 0 Å². The van der Waals surface area contributed by atoms with Crippen LogP contribution in [0.15, 0.2) is 30.3 Å². The monoisotopic (exact) mass is 372 g/mol. The fraction of sp³-hybridized carbons (Fsp3) is 0.222. The van der Waals surface area contributed by atoms with Crippen molar-refractivity contribution in [3.8, 4) is 0 Å². The average molecular weight is 375 g/mol. The van der Waals surface area contributed by atoms with Crippen LogP contribution in [-0.2, 0) is 17.9 Å². The predicted molar refractivity (Wildman–Crippen MR) is 60.3 cm³/mol. The van der Waals surface area contributed by atoms with Crippen molar-refractivity contribution in [2.45, 2.75) is 6.92 Å². The molecule has 0 aromatic heterocycles. The topological polar surface area (TPSA) is 26.3 Å². The van der Waals surface area contributed by atoms with E-state index in [0.717, 1.165) is 0 Å². The summed E-state index contributed by atoms with van der Waals surface area (Å²) in [7, 11) is 0. The van der Waals surface area contributed by atoms with Gasteiger partial charge in [-0.15, -0.1) is 0 Å². The molecule has 0 saturated carbocycles. The SMILES string of the molecule is CCOC(=O)c1ccccc1.[Br][Zn][Br]. The molecule has 5 heteroatoms. The Kier molecular flexibility index (Phi) is 10.0. The van der Waals surface area contributed by atoms with Crippen LogP contribution in [0.4, 0.5) is 0 Å². The van der Waals surface area contributed by atoms with Crippen molar-refractivity contribution >= 4 is 33.2 Å². The summed E-state index contributed by atoms with van der Waals surface area (Å²) in [5.41, 5.74) is 0.606. The van der Waals surface area contributed by atoms with Crippen LogP contribution in [0.3, 0.4) is 0 Å². The Hall–Kier alpha value is 0.273. The third kappa shape index (κ3) is 6.69. The van der Waals surface area contributed by atoms with Gasteiger partial charge >= 0.3 is 46.4 Å². The average Bonchev–Trinajstić information content (AvgIpc) is 2.21. The van der Waals surface area contributed by atoms with Crippen molar-refractivity contribution in [1.29, 1.82) is 0 Å². The first-order chi connectivity index (χ1) is 6.76. The third-order valence-corrected chi connectivity index (χ3v) is 1.28. The van der Waals surface area contributed by atoms with E-state index in [4.69, 9.17) is 4.74 Å². The van der Waals surface area contributed by atoms with Crippen molar-refractivity contribution in [3.05, 3.63) is 35.9 Å². The van der Waals surface area contributed by atoms with E-state index < -0.39 is 0 Å². The summed E-state index contributed by atoms with van der Waals surface area (Å²) >= 11 is 6.25. The number of benzene rings is 1. The Balaban J connectivity index is 0.000000500. The molecule has 1 rings (SSSR count). The van der Waals surface area contributed by atoms with Crippen LogP contribution < -0.4 is 0 Å². The van der Waals surface area contributed by atoms with E-state index in [9.17, 15) is 4.79 Å². The summed E-state index contributed by atoms with van der Waals surface area (Å²) < 4.78 is 4.79. The second kappa shape index (κ2) is 9.81. The molecule has 0 fully saturated rings. The van der Waals surface area contributed by atoms with E-state index in [0.29, 0.717) is 12.2 Å². The molecule has 0 amide bonds. The van der Waals surface area contributed by atoms with Gasteiger partial charge in [0.15, 0.2) is 0 Å². The molecule has 14 heavy (non-hydrogen) atoms. The molecule has 0 spiro atoms. The van der Waals surface area contributed by atoms with Crippen molar-refractivity contribution in [3.63, 3.8) is 0 Å². The van der Waals surface area contributed by atoms with Crippen LogP contribution in [-0.4, -0.2) is 12.6 Å². The number of carbonyl (C=O) groups is 1. The fourth-order valence-electron chi connectivity index (χ4n) is 0.789. The first kappa shape index (κ1) is 14.3. The summed E-state index contributed by atoms with van der Waals surface area (Å²) in [6, 6.07) is 8.96. The molecule has 2 nitrogen and oxygen atoms in total. The minimum atomic E-state index is -0.256. The van der Waals surface area contributed by atoms with Gasteiger partial charge in [0.2, 0.25) is 0 Å². The molecule has 0 saturated heterocycles. The Morgan fingerprint density at radius 3 is 2.29 bits per heavy atom. The van der Waals surface area contributed by atoms with Crippen LogP contribution in [0.1, 0.15) is 17.3 Å². The maximum atomic E-state index is 11.0. The standard InChI is InChI=1S/C9H10O2.2BrH.Zn/c1-2-11-9(10)8-6-4-3-5-7-8;;;/h3-7H,2H2,1H3;2*1H;/q;;;+2/p-2. The van der Waals surface area contributed by atoms with E-state index >= 15 is 0 Å². The zero-order valence-corrected chi connectivity index (χ0v) is 14.0. The summed E-state index contributed by atoms with van der Waals surface area (Å²) in [5.74, 6) is -0.256. The summed E-state index contributed by atoms with van der Waals surface area (Å²) in [4.78, 5) is 11.0. The molecule has 0 heterocycles. The summed E-state index contributed by atoms with van der Waals surface area (Å²) in [6.45, 7) is 2.22. The van der Waals surface area contributed by atoms with Crippen LogP contribution in [0.25, 0.3) is 0 Å². The Morgan fingerprint density at radius 2 is 1.86 bits per heavy atom. The van der Waals surface area contributed by atoms with Gasteiger partial charge in [-0.25, -0.2) is 4.79 Å². The molecule has 0 bridgehead atoms. The Labute approximate surface area is 105 Å². The minimum absolute atomic E-state index is 0.250. The van der Waals surface area contributed by atoms with Crippen molar-refractivity contribution in [2.75, 3.05) is 6.61 Å². The first-order valence-electron chi connectivity index (χ1n) is 4.10. The predicted octanol–water partition coefficient (Wildman–Crippen LogP) is 3.55. The molecule has 0 unspecified atom stereocenters. The molecular formula is C9H10Br2O2Zn. The molecule has 0 aliphatic heterocycles. The Morgan fingerprint density at radius 1 is 1.36 bits per heavy atom. The normalized spacial score (nSPS) is 7.93. The van der Waals surface area contributed by atoms with Gasteiger partial charge in [-0.2, -0.15) is 0 Å². The van der Waals surface area contributed by atoms with Gasteiger partial charge in [-0.05, 0) is 19.1 Å². The maximum absolute atomic E-state index is 11.0. The fourth-order valence-corrected chi connectivity index (χ4v) is 0.789. The van der Waals surface area contributed by atoms with Gasteiger partial charge in [0.05, 0.1) is 12.2 Å². The van der Waals surface area contributed by atoms with Gasteiger partial charge < -0.3 is 4.74 Å². The number of halogens is 2. The molecule has 0 radical (unpaired) electrons. The molecule has 0 aliphatic carbocycles. The van der Waals surface area contributed by atoms with E-state index in [1.54, 1.807) is 19.1 Å². The van der Waals surface area contributed by atoms with Gasteiger partial charge in [0.25, 0.3) is 0 Å². The van der Waals surface area contributed by atoms with Crippen molar-refractivity contribution in [2.24, 2.45) is 0 Å². The van der Waals surface area contributed by atoms with Crippen LogP contribution in [0.5, 0.6) is 0 Å². The summed E-state index contributed by atoms with van der Waals surface area (Å²) in [5, 5.41) is 0. The second-order valence-corrected chi connectivity index (χ2v) is 16.3. The number of hydrogen-bond acceptors (Lipinski definition) is 2. The van der Waals surface area contributed by atoms with Gasteiger partial charge in [-0.1, -0.05) is 18.2 Å². The number of ether oxygens (including phenoxy) is 1. The van der Waals surface area contributed by atoms with Gasteiger partial charge in [0, 0.05) is 0 Å². The summed E-state index contributed by atoms with van der Waals surface area (Å²) in [6.07, 6.45) is 0. The van der Waals surface area contributed by atoms with E-state index in [1.165, 1.54) is 0 Å². The number of hydrogen-bond donors (Lipinski definition) is 0. The Bertz CT molecular complexity index is 254.